The Morgan fingerprint density at radius 2 is 1.57 bits per heavy atom. The molecule has 0 saturated carbocycles. The summed E-state index contributed by atoms with van der Waals surface area (Å²) in [6.45, 7) is 3.30. The van der Waals surface area contributed by atoms with Crippen molar-refractivity contribution < 1.29 is 18.3 Å². The van der Waals surface area contributed by atoms with Gasteiger partial charge < -0.3 is 10.4 Å². The number of phenols is 1. The SMILES string of the molecule is Cc1c(NC(=O)c2ccccc2)cc(S(=O)(=O)c2ccc(Cl)cc2)c(O)c1C. The van der Waals surface area contributed by atoms with Gasteiger partial charge >= 0.3 is 0 Å². The van der Waals surface area contributed by atoms with Gasteiger partial charge in [-0.2, -0.15) is 0 Å². The zero-order valence-corrected chi connectivity index (χ0v) is 16.8. The maximum Gasteiger partial charge on any atom is 0.255 e. The minimum atomic E-state index is -4.01. The molecule has 7 heteroatoms. The first-order valence-electron chi connectivity index (χ1n) is 8.42. The molecule has 144 valence electrons. The number of aromatic hydroxyl groups is 1. The normalized spacial score (nSPS) is 11.2. The predicted molar refractivity (Wildman–Crippen MR) is 109 cm³/mol. The van der Waals surface area contributed by atoms with E-state index in [0.717, 1.165) is 0 Å². The number of carbonyl (C=O) groups is 1. The van der Waals surface area contributed by atoms with Crippen molar-refractivity contribution >= 4 is 33.0 Å². The summed E-state index contributed by atoms with van der Waals surface area (Å²) in [7, 11) is -4.01. The van der Waals surface area contributed by atoms with E-state index in [1.54, 1.807) is 44.2 Å². The highest BCUT2D eigenvalue weighted by Gasteiger charge is 2.25. The molecule has 0 aliphatic heterocycles. The third-order valence-electron chi connectivity index (χ3n) is 4.53. The third kappa shape index (κ3) is 3.74. The second kappa shape index (κ2) is 7.66. The third-order valence-corrected chi connectivity index (χ3v) is 6.56. The summed E-state index contributed by atoms with van der Waals surface area (Å²) in [5.74, 6) is -0.714. The Hall–Kier alpha value is -2.83. The fraction of sp³-hybridized carbons (Fsp3) is 0.0952. The summed E-state index contributed by atoms with van der Waals surface area (Å²) in [6, 6.07) is 15.5. The van der Waals surface area contributed by atoms with E-state index in [1.165, 1.54) is 30.3 Å². The molecule has 3 rings (SSSR count). The molecule has 28 heavy (non-hydrogen) atoms. The highest BCUT2D eigenvalue weighted by Crippen LogP contribution is 2.37. The molecule has 0 saturated heterocycles. The van der Waals surface area contributed by atoms with Gasteiger partial charge in [0.25, 0.3) is 5.91 Å². The first-order chi connectivity index (χ1) is 13.2. The number of nitrogens with one attached hydrogen (secondary N) is 1. The minimum absolute atomic E-state index is 0.00390. The monoisotopic (exact) mass is 415 g/mol. The van der Waals surface area contributed by atoms with Crippen molar-refractivity contribution in [3.05, 3.63) is 82.4 Å². The lowest BCUT2D eigenvalue weighted by molar-refractivity contribution is 0.102. The summed E-state index contributed by atoms with van der Waals surface area (Å²) in [4.78, 5) is 12.2. The van der Waals surface area contributed by atoms with E-state index in [4.69, 9.17) is 11.6 Å². The van der Waals surface area contributed by atoms with Crippen molar-refractivity contribution in [2.75, 3.05) is 5.32 Å². The number of hydrogen-bond donors (Lipinski definition) is 2. The average Bonchev–Trinajstić information content (AvgIpc) is 2.69. The van der Waals surface area contributed by atoms with Crippen molar-refractivity contribution in [2.45, 2.75) is 23.6 Å². The van der Waals surface area contributed by atoms with Crippen LogP contribution in [0.2, 0.25) is 5.02 Å². The van der Waals surface area contributed by atoms with Crippen LogP contribution in [0, 0.1) is 13.8 Å². The maximum absolute atomic E-state index is 13.0. The summed E-state index contributed by atoms with van der Waals surface area (Å²) in [5.41, 5.74) is 1.71. The summed E-state index contributed by atoms with van der Waals surface area (Å²) >= 11 is 5.83. The Kier molecular flexibility index (Phi) is 5.45. The Labute approximate surface area is 168 Å². The van der Waals surface area contributed by atoms with Crippen molar-refractivity contribution in [3.63, 3.8) is 0 Å². The molecular weight excluding hydrogens is 398 g/mol. The molecule has 0 unspecified atom stereocenters. The summed E-state index contributed by atoms with van der Waals surface area (Å²) in [5, 5.41) is 13.6. The second-order valence-corrected chi connectivity index (χ2v) is 8.65. The van der Waals surface area contributed by atoms with Gasteiger partial charge in [0.05, 0.1) is 4.90 Å². The Balaban J connectivity index is 2.08. The van der Waals surface area contributed by atoms with Crippen molar-refractivity contribution in [2.24, 2.45) is 0 Å². The van der Waals surface area contributed by atoms with Crippen LogP contribution in [0.5, 0.6) is 5.75 Å². The molecule has 0 atom stereocenters. The Morgan fingerprint density at radius 3 is 2.18 bits per heavy atom. The van der Waals surface area contributed by atoms with Crippen LogP contribution in [-0.4, -0.2) is 19.4 Å². The Bertz CT molecular complexity index is 1140. The summed E-state index contributed by atoms with van der Waals surface area (Å²) < 4.78 is 26.0. The van der Waals surface area contributed by atoms with E-state index in [-0.39, 0.29) is 21.4 Å². The van der Waals surface area contributed by atoms with Crippen LogP contribution in [0.4, 0.5) is 5.69 Å². The highest BCUT2D eigenvalue weighted by molar-refractivity contribution is 7.91. The zero-order chi connectivity index (χ0) is 20.5. The fourth-order valence-corrected chi connectivity index (χ4v) is 4.29. The number of carbonyl (C=O) groups excluding carboxylic acids is 1. The zero-order valence-electron chi connectivity index (χ0n) is 15.2. The van der Waals surface area contributed by atoms with E-state index in [9.17, 15) is 18.3 Å². The van der Waals surface area contributed by atoms with Crippen LogP contribution in [-0.2, 0) is 9.84 Å². The number of benzene rings is 3. The lowest BCUT2D eigenvalue weighted by atomic mass is 10.1. The highest BCUT2D eigenvalue weighted by atomic mass is 35.5. The molecule has 0 aliphatic carbocycles. The van der Waals surface area contributed by atoms with Gasteiger partial charge in [-0.1, -0.05) is 29.8 Å². The lowest BCUT2D eigenvalue weighted by Gasteiger charge is -2.16. The fourth-order valence-electron chi connectivity index (χ4n) is 2.73. The Morgan fingerprint density at radius 1 is 0.964 bits per heavy atom. The topological polar surface area (TPSA) is 83.5 Å². The molecule has 5 nitrogen and oxygen atoms in total. The van der Waals surface area contributed by atoms with Gasteiger partial charge in [0, 0.05) is 16.3 Å². The molecule has 0 fully saturated rings. The van der Waals surface area contributed by atoms with Gasteiger partial charge in [-0.05, 0) is 67.4 Å². The van der Waals surface area contributed by atoms with Gasteiger partial charge in [-0.25, -0.2) is 8.42 Å². The molecule has 0 aromatic heterocycles. The maximum atomic E-state index is 13.0. The first kappa shape index (κ1) is 19.9. The van der Waals surface area contributed by atoms with Crippen molar-refractivity contribution in [3.8, 4) is 5.75 Å². The molecule has 1 amide bonds. The first-order valence-corrected chi connectivity index (χ1v) is 10.3. The number of hydrogen-bond acceptors (Lipinski definition) is 4. The largest absolute Gasteiger partial charge is 0.506 e. The van der Waals surface area contributed by atoms with Crippen LogP contribution < -0.4 is 5.32 Å². The molecule has 3 aromatic rings. The van der Waals surface area contributed by atoms with Gasteiger partial charge in [-0.15, -0.1) is 0 Å². The second-order valence-electron chi connectivity index (χ2n) is 6.30. The van der Waals surface area contributed by atoms with E-state index in [1.807, 2.05) is 0 Å². The molecule has 2 N–H and O–H groups in total. The van der Waals surface area contributed by atoms with Crippen LogP contribution in [0.1, 0.15) is 21.5 Å². The predicted octanol–water partition coefficient (Wildman–Crippen LogP) is 4.75. The van der Waals surface area contributed by atoms with Gasteiger partial charge in [0.1, 0.15) is 10.6 Å². The van der Waals surface area contributed by atoms with Crippen molar-refractivity contribution in [1.82, 2.24) is 0 Å². The molecular formula is C21H18ClNO4S. The van der Waals surface area contributed by atoms with E-state index < -0.39 is 9.84 Å². The molecule has 0 spiro atoms. The lowest BCUT2D eigenvalue weighted by Crippen LogP contribution is -2.14. The van der Waals surface area contributed by atoms with Crippen LogP contribution in [0.3, 0.4) is 0 Å². The van der Waals surface area contributed by atoms with Crippen LogP contribution in [0.15, 0.2) is 70.5 Å². The van der Waals surface area contributed by atoms with Gasteiger partial charge in [0.2, 0.25) is 9.84 Å². The minimum Gasteiger partial charge on any atom is -0.506 e. The average molecular weight is 416 g/mol. The number of halogens is 1. The number of anilines is 1. The van der Waals surface area contributed by atoms with Crippen LogP contribution in [0.25, 0.3) is 0 Å². The quantitative estimate of drug-likeness (QED) is 0.602. The molecule has 0 aliphatic rings. The van der Waals surface area contributed by atoms with E-state index >= 15 is 0 Å². The van der Waals surface area contributed by atoms with Crippen molar-refractivity contribution in [1.29, 1.82) is 0 Å². The summed E-state index contributed by atoms with van der Waals surface area (Å²) in [6.07, 6.45) is 0. The standard InChI is InChI=1S/C21H18ClNO4S/c1-13-14(2)20(24)19(28(26,27)17-10-8-16(22)9-11-17)12-18(13)23-21(25)15-6-4-3-5-7-15/h3-12,24H,1-2H3,(H,23,25). The van der Waals surface area contributed by atoms with E-state index in [2.05, 4.69) is 5.32 Å². The number of sulfone groups is 1. The van der Waals surface area contributed by atoms with E-state index in [0.29, 0.717) is 27.4 Å². The number of amides is 1. The molecule has 0 radical (unpaired) electrons. The number of phenolic OH excluding ortho intramolecular Hbond substituents is 1. The van der Waals surface area contributed by atoms with Gasteiger partial charge in [-0.3, -0.25) is 4.79 Å². The van der Waals surface area contributed by atoms with Gasteiger partial charge in [0.15, 0.2) is 0 Å². The molecule has 3 aromatic carbocycles. The smallest absolute Gasteiger partial charge is 0.255 e. The van der Waals surface area contributed by atoms with Crippen LogP contribution >= 0.6 is 11.6 Å². The number of rotatable bonds is 4. The molecule has 0 bridgehead atoms. The molecule has 0 heterocycles.